The van der Waals surface area contributed by atoms with Crippen molar-refractivity contribution < 1.29 is 0 Å². The Balaban J connectivity index is 1.49. The van der Waals surface area contributed by atoms with Crippen LogP contribution < -0.4 is 10.6 Å². The van der Waals surface area contributed by atoms with Gasteiger partial charge in [-0.2, -0.15) is 5.26 Å². The molecule has 1 aliphatic carbocycles. The summed E-state index contributed by atoms with van der Waals surface area (Å²) in [5.74, 6) is 0.901. The summed E-state index contributed by atoms with van der Waals surface area (Å²) in [5.41, 5.74) is 1.82. The van der Waals surface area contributed by atoms with Gasteiger partial charge < -0.3 is 15.5 Å². The highest BCUT2D eigenvalue weighted by Gasteiger charge is 2.26. The number of rotatable bonds is 5. The van der Waals surface area contributed by atoms with Crippen molar-refractivity contribution in [2.75, 3.05) is 19.6 Å². The quantitative estimate of drug-likeness (QED) is 0.618. The van der Waals surface area contributed by atoms with Crippen LogP contribution in [0.4, 0.5) is 0 Å². The maximum atomic E-state index is 8.90. The Hall–Kier alpha value is -2.06. The summed E-state index contributed by atoms with van der Waals surface area (Å²) in [6.45, 7) is 6.00. The van der Waals surface area contributed by atoms with Gasteiger partial charge in [-0.1, -0.05) is 31.4 Å². The zero-order valence-corrected chi connectivity index (χ0v) is 16.6. The molecular formula is C22H33N5. The molecule has 2 fully saturated rings. The van der Waals surface area contributed by atoms with Gasteiger partial charge in [-0.25, -0.2) is 4.99 Å². The molecule has 3 rings (SSSR count). The highest BCUT2D eigenvalue weighted by Crippen LogP contribution is 2.25. The second-order valence-corrected chi connectivity index (χ2v) is 7.75. The normalized spacial score (nSPS) is 20.2. The monoisotopic (exact) mass is 367 g/mol. The first kappa shape index (κ1) is 19.7. The molecule has 0 aromatic heterocycles. The summed E-state index contributed by atoms with van der Waals surface area (Å²) < 4.78 is 0. The summed E-state index contributed by atoms with van der Waals surface area (Å²) in [4.78, 5) is 7.46. The van der Waals surface area contributed by atoms with Crippen molar-refractivity contribution in [1.29, 1.82) is 5.26 Å². The number of nitrogens with one attached hydrogen (secondary N) is 2. The summed E-state index contributed by atoms with van der Waals surface area (Å²) in [6, 6.07) is 11.2. The highest BCUT2D eigenvalue weighted by molar-refractivity contribution is 5.80. The molecule has 0 bridgehead atoms. The van der Waals surface area contributed by atoms with Gasteiger partial charge in [-0.15, -0.1) is 0 Å². The van der Waals surface area contributed by atoms with E-state index in [4.69, 9.17) is 10.3 Å². The Morgan fingerprint density at radius 2 is 1.81 bits per heavy atom. The number of guanidine groups is 1. The van der Waals surface area contributed by atoms with Crippen LogP contribution in [0.25, 0.3) is 0 Å². The molecule has 5 heteroatoms. The molecule has 0 spiro atoms. The average molecular weight is 368 g/mol. The van der Waals surface area contributed by atoms with Gasteiger partial charge in [-0.05, 0) is 50.3 Å². The van der Waals surface area contributed by atoms with Crippen LogP contribution in [0.1, 0.15) is 63.0 Å². The third kappa shape index (κ3) is 5.97. The lowest BCUT2D eigenvalue weighted by molar-refractivity contribution is 0.119. The molecule has 1 saturated carbocycles. The average Bonchev–Trinajstić information content (AvgIpc) is 2.74. The van der Waals surface area contributed by atoms with Crippen LogP contribution in [0.3, 0.4) is 0 Å². The summed E-state index contributed by atoms with van der Waals surface area (Å²) in [7, 11) is 0. The molecule has 2 N–H and O–H groups in total. The number of likely N-dealkylation sites (tertiary alicyclic amines) is 1. The lowest BCUT2D eigenvalue weighted by Crippen LogP contribution is -2.50. The van der Waals surface area contributed by atoms with E-state index in [1.165, 1.54) is 58.0 Å². The van der Waals surface area contributed by atoms with Gasteiger partial charge in [-0.3, -0.25) is 0 Å². The zero-order valence-electron chi connectivity index (χ0n) is 16.6. The lowest BCUT2D eigenvalue weighted by atomic mass is 9.92. The molecule has 2 aliphatic rings. The fourth-order valence-electron chi connectivity index (χ4n) is 4.22. The molecule has 146 valence electrons. The molecule has 5 nitrogen and oxygen atoms in total. The number of hydrogen-bond acceptors (Lipinski definition) is 3. The van der Waals surface area contributed by atoms with E-state index >= 15 is 0 Å². The van der Waals surface area contributed by atoms with E-state index in [1.807, 2.05) is 24.3 Å². The Bertz CT molecular complexity index is 632. The van der Waals surface area contributed by atoms with Crippen LogP contribution >= 0.6 is 0 Å². The predicted octanol–water partition coefficient (Wildman–Crippen LogP) is 3.41. The second-order valence-electron chi connectivity index (χ2n) is 7.75. The summed E-state index contributed by atoms with van der Waals surface area (Å²) in [6.07, 6.45) is 9.43. The van der Waals surface area contributed by atoms with Gasteiger partial charge in [0.25, 0.3) is 0 Å². The van der Waals surface area contributed by atoms with Gasteiger partial charge in [0.05, 0.1) is 18.2 Å². The van der Waals surface area contributed by atoms with Crippen LogP contribution in [0.5, 0.6) is 0 Å². The lowest BCUT2D eigenvalue weighted by Gasteiger charge is -2.39. The van der Waals surface area contributed by atoms with Crippen molar-refractivity contribution in [2.24, 2.45) is 4.99 Å². The van der Waals surface area contributed by atoms with Crippen LogP contribution in [0.2, 0.25) is 0 Å². The second kappa shape index (κ2) is 10.3. The van der Waals surface area contributed by atoms with Crippen LogP contribution in [0.15, 0.2) is 29.3 Å². The Labute approximate surface area is 163 Å². The highest BCUT2D eigenvalue weighted by atomic mass is 15.2. The molecule has 1 saturated heterocycles. The first-order chi connectivity index (χ1) is 13.3. The number of hydrogen-bond donors (Lipinski definition) is 2. The molecular weight excluding hydrogens is 334 g/mol. The largest absolute Gasteiger partial charge is 0.357 e. The Kier molecular flexibility index (Phi) is 7.53. The third-order valence-electron chi connectivity index (χ3n) is 5.81. The number of piperidine rings is 1. The van der Waals surface area contributed by atoms with Crippen molar-refractivity contribution in [1.82, 2.24) is 15.5 Å². The standard InChI is InChI=1S/C22H33N5/c1-2-24-22(25-17-19-10-8-18(16-23)9-11-19)26-20-12-14-27(15-13-20)21-6-4-3-5-7-21/h8-11,20-21H,2-7,12-15,17H2,1H3,(H2,24,25,26). The Morgan fingerprint density at radius 1 is 1.11 bits per heavy atom. The number of nitrogens with zero attached hydrogens (tertiary/aromatic N) is 3. The van der Waals surface area contributed by atoms with Gasteiger partial charge in [0, 0.05) is 31.7 Å². The first-order valence-corrected chi connectivity index (χ1v) is 10.6. The molecule has 1 aliphatic heterocycles. The van der Waals surface area contributed by atoms with E-state index in [2.05, 4.69) is 28.5 Å². The molecule has 0 amide bonds. The minimum Gasteiger partial charge on any atom is -0.357 e. The van der Waals surface area contributed by atoms with E-state index in [0.717, 1.165) is 24.1 Å². The number of nitriles is 1. The molecule has 1 heterocycles. The van der Waals surface area contributed by atoms with Gasteiger partial charge in [0.2, 0.25) is 0 Å². The van der Waals surface area contributed by atoms with Gasteiger partial charge in [0.15, 0.2) is 5.96 Å². The van der Waals surface area contributed by atoms with E-state index < -0.39 is 0 Å². The van der Waals surface area contributed by atoms with Crippen molar-refractivity contribution in [3.8, 4) is 6.07 Å². The van der Waals surface area contributed by atoms with Crippen molar-refractivity contribution in [3.05, 3.63) is 35.4 Å². The minimum atomic E-state index is 0.503. The summed E-state index contributed by atoms with van der Waals surface area (Å²) >= 11 is 0. The Morgan fingerprint density at radius 3 is 2.44 bits per heavy atom. The third-order valence-corrected chi connectivity index (χ3v) is 5.81. The smallest absolute Gasteiger partial charge is 0.191 e. The minimum absolute atomic E-state index is 0.503. The van der Waals surface area contributed by atoms with E-state index in [9.17, 15) is 0 Å². The van der Waals surface area contributed by atoms with Gasteiger partial charge >= 0.3 is 0 Å². The van der Waals surface area contributed by atoms with Crippen LogP contribution in [0, 0.1) is 11.3 Å². The predicted molar refractivity (Wildman–Crippen MR) is 111 cm³/mol. The van der Waals surface area contributed by atoms with Gasteiger partial charge in [0.1, 0.15) is 0 Å². The maximum absolute atomic E-state index is 8.90. The maximum Gasteiger partial charge on any atom is 0.191 e. The molecule has 27 heavy (non-hydrogen) atoms. The van der Waals surface area contributed by atoms with E-state index in [1.54, 1.807) is 0 Å². The fourth-order valence-corrected chi connectivity index (χ4v) is 4.22. The number of benzene rings is 1. The van der Waals surface area contributed by atoms with Crippen LogP contribution in [-0.2, 0) is 6.54 Å². The van der Waals surface area contributed by atoms with Crippen molar-refractivity contribution in [2.45, 2.75) is 70.5 Å². The molecule has 0 unspecified atom stereocenters. The van der Waals surface area contributed by atoms with Crippen LogP contribution in [-0.4, -0.2) is 42.6 Å². The molecule has 1 aromatic carbocycles. The summed E-state index contributed by atoms with van der Waals surface area (Å²) in [5, 5.41) is 15.9. The van der Waals surface area contributed by atoms with E-state index in [-0.39, 0.29) is 0 Å². The fraction of sp³-hybridized carbons (Fsp3) is 0.636. The first-order valence-electron chi connectivity index (χ1n) is 10.6. The van der Waals surface area contributed by atoms with Crippen molar-refractivity contribution in [3.63, 3.8) is 0 Å². The number of aliphatic imine (C=N–C) groups is 1. The topological polar surface area (TPSA) is 63.5 Å². The van der Waals surface area contributed by atoms with E-state index in [0.29, 0.717) is 18.2 Å². The SMILES string of the molecule is CCNC(=NCc1ccc(C#N)cc1)NC1CCN(C2CCCCC2)CC1. The molecule has 0 radical (unpaired) electrons. The molecule has 0 atom stereocenters. The van der Waals surface area contributed by atoms with Crippen molar-refractivity contribution >= 4 is 5.96 Å². The zero-order chi connectivity index (χ0) is 18.9. The molecule has 1 aromatic rings.